The van der Waals surface area contributed by atoms with E-state index in [-0.39, 0.29) is 24.4 Å². The number of carbonyl (C=O) groups excluding carboxylic acids is 2. The molecule has 1 aliphatic carbocycles. The van der Waals surface area contributed by atoms with Gasteiger partial charge >= 0.3 is 0 Å². The largest absolute Gasteiger partial charge is 0.497 e. The van der Waals surface area contributed by atoms with Gasteiger partial charge in [0.2, 0.25) is 5.91 Å². The fourth-order valence-corrected chi connectivity index (χ4v) is 5.99. The summed E-state index contributed by atoms with van der Waals surface area (Å²) in [5, 5.41) is 3.33. The number of benzene rings is 2. The number of hydrogen-bond donors (Lipinski definition) is 1. The zero-order valence-corrected chi connectivity index (χ0v) is 20.2. The highest BCUT2D eigenvalue weighted by atomic mass is 32.2. The smallest absolute Gasteiger partial charge is 0.261 e. The zero-order chi connectivity index (χ0) is 23.2. The lowest BCUT2D eigenvalue weighted by Crippen LogP contribution is -2.54. The molecule has 0 radical (unpaired) electrons. The third-order valence-electron chi connectivity index (χ3n) is 6.47. The molecular formula is C27H32N2O3S. The van der Waals surface area contributed by atoms with Crippen molar-refractivity contribution in [3.63, 3.8) is 0 Å². The molecule has 2 aliphatic rings. The Morgan fingerprint density at radius 2 is 1.79 bits per heavy atom. The normalized spacial score (nSPS) is 21.6. The SMILES string of the molecule is CCc1ccc(/C=C2/SC3CCCCC3N(CC(=O)NCc3ccc(OC)cc3)C2=O)cc1. The van der Waals surface area contributed by atoms with Gasteiger partial charge in [-0.1, -0.05) is 56.2 Å². The molecule has 1 saturated carbocycles. The maximum atomic E-state index is 13.4. The van der Waals surface area contributed by atoms with Crippen LogP contribution in [0.5, 0.6) is 5.75 Å². The zero-order valence-electron chi connectivity index (χ0n) is 19.4. The van der Waals surface area contributed by atoms with Crippen molar-refractivity contribution in [1.29, 1.82) is 0 Å². The number of carbonyl (C=O) groups is 2. The predicted octanol–water partition coefficient (Wildman–Crippen LogP) is 4.80. The Morgan fingerprint density at radius 1 is 1.09 bits per heavy atom. The van der Waals surface area contributed by atoms with E-state index in [1.807, 2.05) is 35.2 Å². The van der Waals surface area contributed by atoms with E-state index < -0.39 is 0 Å². The molecule has 174 valence electrons. The van der Waals surface area contributed by atoms with Gasteiger partial charge < -0.3 is 15.0 Å². The molecular weight excluding hydrogens is 432 g/mol. The first-order valence-corrected chi connectivity index (χ1v) is 12.6. The molecule has 2 unspecified atom stereocenters. The fraction of sp³-hybridized carbons (Fsp3) is 0.407. The fourth-order valence-electron chi connectivity index (χ4n) is 4.52. The molecule has 2 amide bonds. The van der Waals surface area contributed by atoms with Crippen molar-refractivity contribution in [3.05, 3.63) is 70.1 Å². The van der Waals surface area contributed by atoms with Crippen LogP contribution in [-0.4, -0.2) is 41.7 Å². The summed E-state index contributed by atoms with van der Waals surface area (Å²) in [6.07, 6.45) is 7.31. The van der Waals surface area contributed by atoms with Gasteiger partial charge in [-0.3, -0.25) is 9.59 Å². The molecule has 5 nitrogen and oxygen atoms in total. The van der Waals surface area contributed by atoms with Gasteiger partial charge in [0.1, 0.15) is 12.3 Å². The number of hydrogen-bond acceptors (Lipinski definition) is 4. The molecule has 2 atom stereocenters. The van der Waals surface area contributed by atoms with Crippen LogP contribution in [0.4, 0.5) is 0 Å². The third kappa shape index (κ3) is 5.80. The van der Waals surface area contributed by atoms with E-state index in [0.29, 0.717) is 11.8 Å². The predicted molar refractivity (Wildman–Crippen MR) is 134 cm³/mol. The average Bonchev–Trinajstić information content (AvgIpc) is 2.86. The number of ether oxygens (including phenoxy) is 1. The summed E-state index contributed by atoms with van der Waals surface area (Å²) in [6.45, 7) is 2.66. The van der Waals surface area contributed by atoms with E-state index in [1.165, 1.54) is 12.0 Å². The summed E-state index contributed by atoms with van der Waals surface area (Å²) < 4.78 is 5.18. The molecule has 33 heavy (non-hydrogen) atoms. The standard InChI is InChI=1S/C27H32N2O3S/c1-3-19-8-10-20(11-9-19)16-25-27(31)29(23-6-4-5-7-24(23)33-25)18-26(30)28-17-21-12-14-22(32-2)15-13-21/h8-16,23-24H,3-7,17-18H2,1-2H3,(H,28,30)/b25-16+. The number of fused-ring (bicyclic) bond motifs is 1. The van der Waals surface area contributed by atoms with Crippen LogP contribution < -0.4 is 10.1 Å². The van der Waals surface area contributed by atoms with Gasteiger partial charge in [-0.05, 0) is 54.2 Å². The summed E-state index contributed by atoms with van der Waals surface area (Å²) in [7, 11) is 1.63. The lowest BCUT2D eigenvalue weighted by atomic mass is 9.93. The lowest BCUT2D eigenvalue weighted by molar-refractivity contribution is -0.135. The van der Waals surface area contributed by atoms with E-state index in [0.717, 1.165) is 47.5 Å². The Morgan fingerprint density at radius 3 is 2.48 bits per heavy atom. The molecule has 0 bridgehead atoms. The van der Waals surface area contributed by atoms with Crippen molar-refractivity contribution in [2.45, 2.75) is 56.9 Å². The molecule has 4 rings (SSSR count). The van der Waals surface area contributed by atoms with Gasteiger partial charge in [0, 0.05) is 17.8 Å². The van der Waals surface area contributed by atoms with E-state index in [1.54, 1.807) is 18.9 Å². The second-order valence-corrected chi connectivity index (χ2v) is 9.95. The summed E-state index contributed by atoms with van der Waals surface area (Å²) in [4.78, 5) is 28.8. The summed E-state index contributed by atoms with van der Waals surface area (Å²) in [5.74, 6) is 0.637. The van der Waals surface area contributed by atoms with Gasteiger partial charge in [-0.15, -0.1) is 11.8 Å². The number of amides is 2. The third-order valence-corrected chi connectivity index (χ3v) is 7.87. The molecule has 1 saturated heterocycles. The first-order valence-electron chi connectivity index (χ1n) is 11.7. The summed E-state index contributed by atoms with van der Waals surface area (Å²) in [5.41, 5.74) is 3.31. The topological polar surface area (TPSA) is 58.6 Å². The molecule has 2 fully saturated rings. The van der Waals surface area contributed by atoms with Gasteiger partial charge in [0.05, 0.1) is 12.0 Å². The van der Waals surface area contributed by atoms with Crippen molar-refractivity contribution in [3.8, 4) is 5.75 Å². The molecule has 0 spiro atoms. The highest BCUT2D eigenvalue weighted by Crippen LogP contribution is 2.42. The van der Waals surface area contributed by atoms with Crippen LogP contribution in [0.3, 0.4) is 0 Å². The van der Waals surface area contributed by atoms with Crippen LogP contribution in [0.15, 0.2) is 53.4 Å². The monoisotopic (exact) mass is 464 g/mol. The highest BCUT2D eigenvalue weighted by Gasteiger charge is 2.41. The minimum Gasteiger partial charge on any atom is -0.497 e. The number of nitrogens with one attached hydrogen (secondary N) is 1. The van der Waals surface area contributed by atoms with Gasteiger partial charge in [0.25, 0.3) is 5.91 Å². The van der Waals surface area contributed by atoms with Crippen molar-refractivity contribution < 1.29 is 14.3 Å². The van der Waals surface area contributed by atoms with E-state index >= 15 is 0 Å². The minimum atomic E-state index is -0.123. The Kier molecular flexibility index (Phi) is 7.76. The van der Waals surface area contributed by atoms with Crippen LogP contribution >= 0.6 is 11.8 Å². The number of methoxy groups -OCH3 is 1. The van der Waals surface area contributed by atoms with Crippen molar-refractivity contribution in [1.82, 2.24) is 10.2 Å². The van der Waals surface area contributed by atoms with E-state index in [2.05, 4.69) is 36.5 Å². The second kappa shape index (κ2) is 10.9. The number of aryl methyl sites for hydroxylation is 1. The second-order valence-electron chi connectivity index (χ2n) is 8.67. The van der Waals surface area contributed by atoms with Crippen LogP contribution in [0.1, 0.15) is 49.3 Å². The molecule has 1 aliphatic heterocycles. The van der Waals surface area contributed by atoms with E-state index in [9.17, 15) is 9.59 Å². The lowest BCUT2D eigenvalue weighted by Gasteiger charge is -2.43. The minimum absolute atomic E-state index is 0.0256. The molecule has 1 heterocycles. The summed E-state index contributed by atoms with van der Waals surface area (Å²) >= 11 is 1.70. The van der Waals surface area contributed by atoms with E-state index in [4.69, 9.17) is 4.74 Å². The molecule has 2 aromatic carbocycles. The molecule has 1 N–H and O–H groups in total. The summed E-state index contributed by atoms with van der Waals surface area (Å²) in [6, 6.07) is 16.1. The number of rotatable bonds is 7. The maximum absolute atomic E-state index is 13.4. The highest BCUT2D eigenvalue weighted by molar-refractivity contribution is 8.04. The first-order chi connectivity index (χ1) is 16.1. The number of thioether (sulfide) groups is 1. The van der Waals surface area contributed by atoms with Crippen molar-refractivity contribution in [2.24, 2.45) is 0 Å². The first kappa shape index (κ1) is 23.4. The quantitative estimate of drug-likeness (QED) is 0.598. The Balaban J connectivity index is 1.46. The van der Waals surface area contributed by atoms with Crippen molar-refractivity contribution >= 4 is 29.7 Å². The number of nitrogens with zero attached hydrogens (tertiary/aromatic N) is 1. The maximum Gasteiger partial charge on any atom is 0.261 e. The van der Waals surface area contributed by atoms with Crippen LogP contribution in [-0.2, 0) is 22.6 Å². The molecule has 0 aromatic heterocycles. The van der Waals surface area contributed by atoms with Gasteiger partial charge in [-0.25, -0.2) is 0 Å². The Bertz CT molecular complexity index is 1000. The van der Waals surface area contributed by atoms with Crippen LogP contribution in [0.2, 0.25) is 0 Å². The molecule has 6 heteroatoms. The average molecular weight is 465 g/mol. The Labute approximate surface area is 200 Å². The van der Waals surface area contributed by atoms with Crippen LogP contribution in [0, 0.1) is 0 Å². The molecule has 2 aromatic rings. The van der Waals surface area contributed by atoms with Gasteiger partial charge in [-0.2, -0.15) is 0 Å². The van der Waals surface area contributed by atoms with Gasteiger partial charge in [0.15, 0.2) is 0 Å². The van der Waals surface area contributed by atoms with Crippen molar-refractivity contribution in [2.75, 3.05) is 13.7 Å². The van der Waals surface area contributed by atoms with Crippen LogP contribution in [0.25, 0.3) is 6.08 Å². The Hall–Kier alpha value is -2.73.